The van der Waals surface area contributed by atoms with E-state index < -0.39 is 11.4 Å². The second-order valence-corrected chi connectivity index (χ2v) is 4.75. The molecule has 0 aromatic carbocycles. The summed E-state index contributed by atoms with van der Waals surface area (Å²) in [4.78, 5) is 2.04. The van der Waals surface area contributed by atoms with Crippen LogP contribution in [0, 0.1) is 0 Å². The summed E-state index contributed by atoms with van der Waals surface area (Å²) < 4.78 is 18.4. The average molecular weight is 193 g/mol. The average Bonchev–Trinajstić information content (AvgIpc) is 2.35. The Morgan fingerprint density at radius 2 is 2.29 bits per heavy atom. The molecule has 0 aliphatic carbocycles. The van der Waals surface area contributed by atoms with E-state index in [0.717, 1.165) is 0 Å². The molecular weight excluding hydrogens is 179 g/mol. The third-order valence-corrected chi connectivity index (χ3v) is 3.25. The van der Waals surface area contributed by atoms with Crippen molar-refractivity contribution in [2.45, 2.75) is 29.8 Å². The highest BCUT2D eigenvalue weighted by atomic mass is 19.1. The third-order valence-electron chi connectivity index (χ3n) is 3.25. The maximum Gasteiger partial charge on any atom is 0.115 e. The smallest absolute Gasteiger partial charge is 0.115 e. The van der Waals surface area contributed by atoms with Crippen molar-refractivity contribution in [1.82, 2.24) is 4.90 Å². The molecule has 2 fully saturated rings. The van der Waals surface area contributed by atoms with Gasteiger partial charge in [-0.1, -0.05) is 5.21 Å². The molecule has 0 aromatic rings. The molecule has 0 saturated carbocycles. The molecule has 5 heteroatoms. The summed E-state index contributed by atoms with van der Waals surface area (Å²) in [7, 11) is 13.4. The van der Waals surface area contributed by atoms with Gasteiger partial charge < -0.3 is 4.74 Å². The molecule has 0 spiro atoms. The normalized spacial score (nSPS) is 41.4. The lowest BCUT2D eigenvalue weighted by atomic mass is 9.52. The van der Waals surface area contributed by atoms with Gasteiger partial charge in [0.05, 0.1) is 22.3 Å². The van der Waals surface area contributed by atoms with Gasteiger partial charge in [-0.15, -0.1) is 0 Å². The first kappa shape index (κ1) is 10.5. The fourth-order valence-corrected chi connectivity index (χ4v) is 2.95. The minimum absolute atomic E-state index is 0.252. The van der Waals surface area contributed by atoms with Gasteiger partial charge in [-0.2, -0.15) is 0 Å². The van der Waals surface area contributed by atoms with Crippen LogP contribution < -0.4 is 0 Å². The number of methoxy groups -OCH3 is 1. The van der Waals surface area contributed by atoms with Gasteiger partial charge >= 0.3 is 0 Å². The standard InChI is InChI=1S/C9H14B2FNO/c1-14-6-8-2-7(12)3-13(8)5-9(10,11)4-8/h7H,2-6H2,1H3. The first-order chi connectivity index (χ1) is 6.47. The highest BCUT2D eigenvalue weighted by Gasteiger charge is 2.53. The molecule has 2 rings (SSSR count). The van der Waals surface area contributed by atoms with Gasteiger partial charge in [0.2, 0.25) is 0 Å². The first-order valence-corrected chi connectivity index (χ1v) is 4.93. The molecule has 2 nitrogen and oxygen atoms in total. The Kier molecular flexibility index (Phi) is 2.43. The minimum Gasteiger partial charge on any atom is -0.383 e. The molecule has 2 unspecified atom stereocenters. The van der Waals surface area contributed by atoms with E-state index in [0.29, 0.717) is 32.5 Å². The summed E-state index contributed by atoms with van der Waals surface area (Å²) in [5.41, 5.74) is -0.252. The third kappa shape index (κ3) is 1.61. The Morgan fingerprint density at radius 1 is 1.57 bits per heavy atom. The van der Waals surface area contributed by atoms with Gasteiger partial charge in [-0.3, -0.25) is 4.90 Å². The van der Waals surface area contributed by atoms with Gasteiger partial charge in [0.25, 0.3) is 0 Å². The maximum atomic E-state index is 13.3. The number of fused-ring (bicyclic) bond motifs is 1. The van der Waals surface area contributed by atoms with E-state index in [4.69, 9.17) is 20.4 Å². The number of hydrogen-bond donors (Lipinski definition) is 0. The second kappa shape index (κ2) is 3.24. The molecule has 4 radical (unpaired) electrons. The van der Waals surface area contributed by atoms with Crippen LogP contribution in [0.15, 0.2) is 0 Å². The Balaban J connectivity index is 2.17. The largest absolute Gasteiger partial charge is 0.383 e. The summed E-state index contributed by atoms with van der Waals surface area (Å²) in [5, 5.41) is -0.682. The quantitative estimate of drug-likeness (QED) is 0.583. The zero-order valence-electron chi connectivity index (χ0n) is 8.50. The van der Waals surface area contributed by atoms with Crippen molar-refractivity contribution in [3.8, 4) is 0 Å². The van der Waals surface area contributed by atoms with Gasteiger partial charge in [-0.25, -0.2) is 4.39 Å². The van der Waals surface area contributed by atoms with E-state index in [1.807, 2.05) is 4.90 Å². The highest BCUT2D eigenvalue weighted by Crippen LogP contribution is 2.48. The fourth-order valence-electron chi connectivity index (χ4n) is 2.95. The van der Waals surface area contributed by atoms with Gasteiger partial charge in [0.15, 0.2) is 0 Å². The van der Waals surface area contributed by atoms with Crippen molar-refractivity contribution >= 4 is 15.7 Å². The summed E-state index contributed by atoms with van der Waals surface area (Å²) in [5.74, 6) is 0. The molecular formula is C9H14B2FNO. The lowest BCUT2D eigenvalue weighted by molar-refractivity contribution is 0.0651. The summed E-state index contributed by atoms with van der Waals surface area (Å²) >= 11 is 0. The number of rotatable bonds is 2. The van der Waals surface area contributed by atoms with Crippen LogP contribution in [0.1, 0.15) is 12.8 Å². The first-order valence-electron chi connectivity index (χ1n) is 4.93. The molecule has 0 aromatic heterocycles. The Bertz CT molecular complexity index is 239. The Labute approximate surface area is 87.0 Å². The van der Waals surface area contributed by atoms with Gasteiger partial charge in [0.1, 0.15) is 6.17 Å². The summed E-state index contributed by atoms with van der Waals surface area (Å²) in [6, 6.07) is 0. The SMILES string of the molecule is [B]C1([B])CN2CC(F)CC2(COC)C1. The topological polar surface area (TPSA) is 12.5 Å². The highest BCUT2D eigenvalue weighted by molar-refractivity contribution is 6.40. The second-order valence-electron chi connectivity index (χ2n) is 4.75. The lowest BCUT2D eigenvalue weighted by Crippen LogP contribution is -2.42. The summed E-state index contributed by atoms with van der Waals surface area (Å²) in [6.07, 6.45) is 0.354. The molecule has 2 aliphatic heterocycles. The molecule has 0 N–H and O–H groups in total. The van der Waals surface area contributed by atoms with E-state index in [-0.39, 0.29) is 5.54 Å². The number of halogens is 1. The maximum absolute atomic E-state index is 13.3. The summed E-state index contributed by atoms with van der Waals surface area (Å²) in [6.45, 7) is 1.53. The van der Waals surface area contributed by atoms with Crippen molar-refractivity contribution in [3.05, 3.63) is 0 Å². The molecule has 0 bridgehead atoms. The van der Waals surface area contributed by atoms with Crippen molar-refractivity contribution in [3.63, 3.8) is 0 Å². The molecule has 14 heavy (non-hydrogen) atoms. The van der Waals surface area contributed by atoms with Crippen LogP contribution in [0.4, 0.5) is 4.39 Å². The Morgan fingerprint density at radius 3 is 2.93 bits per heavy atom. The minimum atomic E-state index is -0.763. The van der Waals surface area contributed by atoms with E-state index in [9.17, 15) is 4.39 Å². The Hall–Kier alpha value is -0.0201. The predicted molar refractivity (Wildman–Crippen MR) is 54.5 cm³/mol. The van der Waals surface area contributed by atoms with Crippen molar-refractivity contribution < 1.29 is 9.13 Å². The van der Waals surface area contributed by atoms with E-state index in [2.05, 4.69) is 0 Å². The lowest BCUT2D eigenvalue weighted by Gasteiger charge is -2.31. The van der Waals surface area contributed by atoms with Gasteiger partial charge in [0, 0.05) is 25.6 Å². The molecule has 2 aliphatic rings. The molecule has 0 amide bonds. The number of nitrogens with zero attached hydrogens (tertiary/aromatic N) is 1. The fraction of sp³-hybridized carbons (Fsp3) is 1.00. The van der Waals surface area contributed by atoms with Gasteiger partial charge in [-0.05, 0) is 13.0 Å². The van der Waals surface area contributed by atoms with Crippen molar-refractivity contribution in [1.29, 1.82) is 0 Å². The van der Waals surface area contributed by atoms with Crippen LogP contribution in [0.5, 0.6) is 0 Å². The molecule has 74 valence electrons. The molecule has 2 atom stereocenters. The van der Waals surface area contributed by atoms with Crippen LogP contribution >= 0.6 is 0 Å². The van der Waals surface area contributed by atoms with Crippen LogP contribution in [0.25, 0.3) is 0 Å². The van der Waals surface area contributed by atoms with Crippen molar-refractivity contribution in [2.75, 3.05) is 26.8 Å². The molecule has 2 saturated heterocycles. The number of hydrogen-bond acceptors (Lipinski definition) is 2. The van der Waals surface area contributed by atoms with E-state index >= 15 is 0 Å². The molecule has 2 heterocycles. The zero-order valence-corrected chi connectivity index (χ0v) is 8.50. The van der Waals surface area contributed by atoms with E-state index in [1.54, 1.807) is 7.11 Å². The number of ether oxygens (including phenoxy) is 1. The van der Waals surface area contributed by atoms with Crippen LogP contribution in [0.3, 0.4) is 0 Å². The van der Waals surface area contributed by atoms with Crippen LogP contribution in [0.2, 0.25) is 5.21 Å². The van der Waals surface area contributed by atoms with E-state index in [1.165, 1.54) is 0 Å². The van der Waals surface area contributed by atoms with Crippen molar-refractivity contribution in [2.24, 2.45) is 0 Å². The van der Waals surface area contributed by atoms with Crippen LogP contribution in [-0.4, -0.2) is 59.1 Å². The zero-order chi connectivity index (χ0) is 10.4. The monoisotopic (exact) mass is 193 g/mol. The predicted octanol–water partition coefficient (Wildman–Crippen LogP) is 0.272. The number of alkyl halides is 1. The van der Waals surface area contributed by atoms with Crippen LogP contribution in [-0.2, 0) is 4.74 Å².